The normalized spacial score (nSPS) is 13.7. The van der Waals surface area contributed by atoms with Gasteiger partial charge in [0.15, 0.2) is 0 Å². The summed E-state index contributed by atoms with van der Waals surface area (Å²) >= 11 is 3.49. The molecule has 0 bridgehead atoms. The Labute approximate surface area is 123 Å². The van der Waals surface area contributed by atoms with E-state index in [0.717, 1.165) is 5.56 Å². The van der Waals surface area contributed by atoms with Gasteiger partial charge in [0.2, 0.25) is 10.0 Å². The van der Waals surface area contributed by atoms with Gasteiger partial charge in [0.1, 0.15) is 0 Å². The highest BCUT2D eigenvalue weighted by Gasteiger charge is 2.20. The molecule has 1 aromatic rings. The molecule has 0 radical (unpaired) electrons. The van der Waals surface area contributed by atoms with Crippen molar-refractivity contribution in [3.63, 3.8) is 0 Å². The van der Waals surface area contributed by atoms with Crippen LogP contribution in [0.15, 0.2) is 29.2 Å². The first-order valence-electron chi connectivity index (χ1n) is 6.10. The van der Waals surface area contributed by atoms with E-state index in [0.29, 0.717) is 17.9 Å². The second-order valence-electron chi connectivity index (χ2n) is 4.64. The Kier molecular flexibility index (Phi) is 6.46. The summed E-state index contributed by atoms with van der Waals surface area (Å²) in [6.07, 6.45) is 0.600. The van der Waals surface area contributed by atoms with Gasteiger partial charge in [-0.3, -0.25) is 0 Å². The third-order valence-electron chi connectivity index (χ3n) is 2.44. The van der Waals surface area contributed by atoms with Crippen LogP contribution in [0.25, 0.3) is 0 Å². The Balaban J connectivity index is 3.02. The Morgan fingerprint density at radius 3 is 2.53 bits per heavy atom. The van der Waals surface area contributed by atoms with Gasteiger partial charge in [0, 0.05) is 18.0 Å². The minimum absolute atomic E-state index is 0.0906. The molecular formula is C13H20BrNO3S. The van der Waals surface area contributed by atoms with E-state index in [1.54, 1.807) is 33.1 Å². The number of hydrogen-bond donors (Lipinski definition) is 1. The van der Waals surface area contributed by atoms with Crippen molar-refractivity contribution in [2.24, 2.45) is 0 Å². The molecule has 1 unspecified atom stereocenters. The van der Waals surface area contributed by atoms with Crippen LogP contribution in [0, 0.1) is 0 Å². The molecule has 0 saturated heterocycles. The highest BCUT2D eigenvalue weighted by molar-refractivity contribution is 9.09. The molecule has 1 aromatic carbocycles. The SMILES string of the molecule is COCC(Br)Cc1ccccc1S(=O)(=O)NC(C)C. The van der Waals surface area contributed by atoms with Gasteiger partial charge < -0.3 is 4.74 Å². The van der Waals surface area contributed by atoms with Gasteiger partial charge >= 0.3 is 0 Å². The maximum atomic E-state index is 12.2. The Morgan fingerprint density at radius 2 is 1.95 bits per heavy atom. The first-order valence-corrected chi connectivity index (χ1v) is 8.50. The average molecular weight is 350 g/mol. The summed E-state index contributed by atoms with van der Waals surface area (Å²) in [6.45, 7) is 4.14. The Bertz CT molecular complexity index is 502. The lowest BCUT2D eigenvalue weighted by Gasteiger charge is -2.15. The quantitative estimate of drug-likeness (QED) is 0.768. The van der Waals surface area contributed by atoms with E-state index in [2.05, 4.69) is 20.7 Å². The van der Waals surface area contributed by atoms with Gasteiger partial charge in [-0.15, -0.1) is 0 Å². The first-order chi connectivity index (χ1) is 8.86. The number of alkyl halides is 1. The monoisotopic (exact) mass is 349 g/mol. The lowest BCUT2D eigenvalue weighted by atomic mass is 10.1. The van der Waals surface area contributed by atoms with Crippen LogP contribution in [-0.2, 0) is 21.2 Å². The van der Waals surface area contributed by atoms with Crippen molar-refractivity contribution in [3.05, 3.63) is 29.8 Å². The molecule has 0 fully saturated rings. The van der Waals surface area contributed by atoms with Crippen LogP contribution in [0.3, 0.4) is 0 Å². The van der Waals surface area contributed by atoms with E-state index >= 15 is 0 Å². The van der Waals surface area contributed by atoms with Crippen molar-refractivity contribution in [2.75, 3.05) is 13.7 Å². The molecule has 1 rings (SSSR count). The lowest BCUT2D eigenvalue weighted by Crippen LogP contribution is -2.31. The predicted molar refractivity (Wildman–Crippen MR) is 80.2 cm³/mol. The van der Waals surface area contributed by atoms with Crippen molar-refractivity contribution in [2.45, 2.75) is 36.0 Å². The smallest absolute Gasteiger partial charge is 0.241 e. The molecule has 0 aliphatic rings. The minimum atomic E-state index is -3.46. The van der Waals surface area contributed by atoms with Crippen LogP contribution >= 0.6 is 15.9 Å². The number of benzene rings is 1. The molecule has 1 atom stereocenters. The number of methoxy groups -OCH3 is 1. The van der Waals surface area contributed by atoms with Crippen molar-refractivity contribution in [3.8, 4) is 0 Å². The molecule has 1 N–H and O–H groups in total. The average Bonchev–Trinajstić information content (AvgIpc) is 2.28. The zero-order valence-electron chi connectivity index (χ0n) is 11.4. The van der Waals surface area contributed by atoms with Gasteiger partial charge in [-0.1, -0.05) is 34.1 Å². The molecule has 0 amide bonds. The van der Waals surface area contributed by atoms with E-state index in [1.807, 2.05) is 12.1 Å². The van der Waals surface area contributed by atoms with Gasteiger partial charge in [-0.2, -0.15) is 0 Å². The molecular weight excluding hydrogens is 330 g/mol. The van der Waals surface area contributed by atoms with Crippen molar-refractivity contribution >= 4 is 26.0 Å². The summed E-state index contributed by atoms with van der Waals surface area (Å²) in [5.41, 5.74) is 0.787. The van der Waals surface area contributed by atoms with Crippen LogP contribution in [0.2, 0.25) is 0 Å². The summed E-state index contributed by atoms with van der Waals surface area (Å²) in [5.74, 6) is 0. The maximum absolute atomic E-state index is 12.2. The fraction of sp³-hybridized carbons (Fsp3) is 0.538. The van der Waals surface area contributed by atoms with E-state index in [1.165, 1.54) is 0 Å². The standard InChI is InChI=1S/C13H20BrNO3S/c1-10(2)15-19(16,17)13-7-5-4-6-11(13)8-12(14)9-18-3/h4-7,10,12,15H,8-9H2,1-3H3. The molecule has 0 saturated carbocycles. The second-order valence-corrected chi connectivity index (χ2v) is 7.62. The third-order valence-corrected chi connectivity index (χ3v) is 4.79. The number of nitrogens with one attached hydrogen (secondary N) is 1. The maximum Gasteiger partial charge on any atom is 0.241 e. The number of rotatable bonds is 7. The predicted octanol–water partition coefficient (Wildman–Crippen LogP) is 2.33. The van der Waals surface area contributed by atoms with E-state index < -0.39 is 10.0 Å². The molecule has 19 heavy (non-hydrogen) atoms. The highest BCUT2D eigenvalue weighted by atomic mass is 79.9. The van der Waals surface area contributed by atoms with Crippen molar-refractivity contribution in [1.82, 2.24) is 4.72 Å². The van der Waals surface area contributed by atoms with Gasteiger partial charge in [-0.25, -0.2) is 13.1 Å². The van der Waals surface area contributed by atoms with E-state index in [-0.39, 0.29) is 10.9 Å². The van der Waals surface area contributed by atoms with Crippen LogP contribution in [0.4, 0.5) is 0 Å². The molecule has 4 nitrogen and oxygen atoms in total. The van der Waals surface area contributed by atoms with E-state index in [9.17, 15) is 8.42 Å². The van der Waals surface area contributed by atoms with Crippen LogP contribution < -0.4 is 4.72 Å². The molecule has 0 aromatic heterocycles. The summed E-state index contributed by atoms with van der Waals surface area (Å²) in [7, 11) is -1.84. The van der Waals surface area contributed by atoms with Crippen LogP contribution in [0.1, 0.15) is 19.4 Å². The Hall–Kier alpha value is -0.430. The highest BCUT2D eigenvalue weighted by Crippen LogP contribution is 2.19. The number of halogens is 1. The van der Waals surface area contributed by atoms with Gasteiger partial charge in [-0.05, 0) is 31.9 Å². The largest absolute Gasteiger partial charge is 0.384 e. The number of sulfonamides is 1. The second kappa shape index (κ2) is 7.38. The van der Waals surface area contributed by atoms with Gasteiger partial charge in [0.05, 0.1) is 11.5 Å². The summed E-state index contributed by atoms with van der Waals surface area (Å²) in [4.78, 5) is 0.428. The summed E-state index contributed by atoms with van der Waals surface area (Å²) < 4.78 is 32.2. The zero-order chi connectivity index (χ0) is 14.5. The molecule has 0 aliphatic carbocycles. The fourth-order valence-corrected chi connectivity index (χ4v) is 3.90. The topological polar surface area (TPSA) is 55.4 Å². The first kappa shape index (κ1) is 16.6. The lowest BCUT2D eigenvalue weighted by molar-refractivity contribution is 0.200. The third kappa shape index (κ3) is 5.22. The summed E-state index contributed by atoms with van der Waals surface area (Å²) in [5, 5.41) is 0. The summed E-state index contributed by atoms with van der Waals surface area (Å²) in [6, 6.07) is 6.91. The molecule has 0 heterocycles. The zero-order valence-corrected chi connectivity index (χ0v) is 13.8. The van der Waals surface area contributed by atoms with Crippen molar-refractivity contribution in [1.29, 1.82) is 0 Å². The van der Waals surface area contributed by atoms with Crippen LogP contribution in [0.5, 0.6) is 0 Å². The Morgan fingerprint density at radius 1 is 1.32 bits per heavy atom. The van der Waals surface area contributed by atoms with Crippen molar-refractivity contribution < 1.29 is 13.2 Å². The molecule has 0 aliphatic heterocycles. The minimum Gasteiger partial charge on any atom is -0.384 e. The fourth-order valence-electron chi connectivity index (χ4n) is 1.79. The van der Waals surface area contributed by atoms with Crippen LogP contribution in [-0.4, -0.2) is 33.0 Å². The van der Waals surface area contributed by atoms with E-state index in [4.69, 9.17) is 4.74 Å². The molecule has 0 spiro atoms. The number of ether oxygens (including phenoxy) is 1. The van der Waals surface area contributed by atoms with Gasteiger partial charge in [0.25, 0.3) is 0 Å². The molecule has 6 heteroatoms. The molecule has 108 valence electrons. The number of hydrogen-bond acceptors (Lipinski definition) is 3.